The first kappa shape index (κ1) is 10.8. The van der Waals surface area contributed by atoms with Gasteiger partial charge in [0.25, 0.3) is 0 Å². The van der Waals surface area contributed by atoms with Gasteiger partial charge in [-0.3, -0.25) is 4.79 Å². The van der Waals surface area contributed by atoms with Crippen molar-refractivity contribution in [3.63, 3.8) is 0 Å². The van der Waals surface area contributed by atoms with Crippen LogP contribution in [0.3, 0.4) is 0 Å². The molecule has 1 aliphatic rings. The summed E-state index contributed by atoms with van der Waals surface area (Å²) in [6.45, 7) is 6.06. The molecule has 4 nitrogen and oxygen atoms in total. The van der Waals surface area contributed by atoms with E-state index in [0.717, 1.165) is 16.9 Å². The Balaban J connectivity index is 2.57. The molecule has 1 amide bonds. The van der Waals surface area contributed by atoms with Crippen LogP contribution in [0.2, 0.25) is 0 Å². The van der Waals surface area contributed by atoms with E-state index in [1.54, 1.807) is 0 Å². The van der Waals surface area contributed by atoms with Crippen LogP contribution < -0.4 is 15.8 Å². The molecule has 0 radical (unpaired) electrons. The summed E-state index contributed by atoms with van der Waals surface area (Å²) in [5, 5.41) is 2.88. The van der Waals surface area contributed by atoms with E-state index in [-0.39, 0.29) is 11.8 Å². The molecule has 0 spiro atoms. The lowest BCUT2D eigenvalue weighted by atomic mass is 10.1. The Hall–Kier alpha value is -1.71. The van der Waals surface area contributed by atoms with Crippen molar-refractivity contribution in [2.24, 2.45) is 5.92 Å². The second-order valence-corrected chi connectivity index (χ2v) is 4.31. The fraction of sp³-hybridized carbons (Fsp3) is 0.417. The van der Waals surface area contributed by atoms with Crippen molar-refractivity contribution in [1.29, 1.82) is 0 Å². The van der Waals surface area contributed by atoms with Crippen molar-refractivity contribution in [3.05, 3.63) is 17.2 Å². The van der Waals surface area contributed by atoms with E-state index in [4.69, 9.17) is 10.5 Å². The number of anilines is 2. The summed E-state index contributed by atoms with van der Waals surface area (Å²) in [4.78, 5) is 11.7. The number of nitrogens with two attached hydrogens (primary N) is 1. The lowest BCUT2D eigenvalue weighted by molar-refractivity contribution is -0.119. The molecule has 3 N–H and O–H groups in total. The molecule has 1 atom stereocenters. The van der Waals surface area contributed by atoms with Crippen molar-refractivity contribution < 1.29 is 9.53 Å². The number of benzene rings is 1. The summed E-state index contributed by atoms with van der Waals surface area (Å²) in [5.41, 5.74) is 9.07. The summed E-state index contributed by atoms with van der Waals surface area (Å²) in [5.74, 6) is 0.573. The third-order valence-electron chi connectivity index (χ3n) is 2.94. The highest BCUT2D eigenvalue weighted by Gasteiger charge is 2.24. The van der Waals surface area contributed by atoms with Crippen molar-refractivity contribution in [2.75, 3.05) is 17.7 Å². The van der Waals surface area contributed by atoms with Crippen molar-refractivity contribution in [3.8, 4) is 5.75 Å². The fourth-order valence-electron chi connectivity index (χ4n) is 1.79. The number of amides is 1. The van der Waals surface area contributed by atoms with E-state index in [1.165, 1.54) is 0 Å². The molecule has 0 aliphatic carbocycles. The van der Waals surface area contributed by atoms with Gasteiger partial charge < -0.3 is 15.8 Å². The molecule has 1 heterocycles. The molecule has 1 aromatic rings. The van der Waals surface area contributed by atoms with Crippen LogP contribution in [-0.4, -0.2) is 12.5 Å². The van der Waals surface area contributed by atoms with E-state index in [9.17, 15) is 4.79 Å². The van der Waals surface area contributed by atoms with Gasteiger partial charge in [-0.15, -0.1) is 0 Å². The maximum absolute atomic E-state index is 11.7. The Labute approximate surface area is 94.8 Å². The molecular formula is C12H16N2O2. The molecule has 0 fully saturated rings. The molecule has 2 rings (SSSR count). The quantitative estimate of drug-likeness (QED) is 0.656. The van der Waals surface area contributed by atoms with Crippen LogP contribution in [-0.2, 0) is 4.79 Å². The van der Waals surface area contributed by atoms with E-state index >= 15 is 0 Å². The number of fused-ring (bicyclic) bond motifs is 1. The zero-order valence-corrected chi connectivity index (χ0v) is 9.76. The third-order valence-corrected chi connectivity index (χ3v) is 2.94. The highest BCUT2D eigenvalue weighted by Crippen LogP contribution is 2.37. The van der Waals surface area contributed by atoms with E-state index in [1.807, 2.05) is 26.8 Å². The predicted molar refractivity (Wildman–Crippen MR) is 63.6 cm³/mol. The summed E-state index contributed by atoms with van der Waals surface area (Å²) >= 11 is 0. The van der Waals surface area contributed by atoms with Gasteiger partial charge in [-0.05, 0) is 31.0 Å². The molecule has 86 valence electrons. The summed E-state index contributed by atoms with van der Waals surface area (Å²) < 4.78 is 5.66. The van der Waals surface area contributed by atoms with E-state index < -0.39 is 0 Å². The number of carbonyl (C=O) groups excluding carboxylic acids is 1. The van der Waals surface area contributed by atoms with Crippen LogP contribution in [0.15, 0.2) is 6.07 Å². The summed E-state index contributed by atoms with van der Waals surface area (Å²) in [6.07, 6.45) is 0. The van der Waals surface area contributed by atoms with Gasteiger partial charge in [0.1, 0.15) is 5.75 Å². The minimum absolute atomic E-state index is 0.0214. The van der Waals surface area contributed by atoms with Crippen LogP contribution in [0.4, 0.5) is 11.4 Å². The van der Waals surface area contributed by atoms with Crippen LogP contribution in [0.1, 0.15) is 18.1 Å². The van der Waals surface area contributed by atoms with E-state index in [2.05, 4.69) is 5.32 Å². The third kappa shape index (κ3) is 1.60. The highest BCUT2D eigenvalue weighted by atomic mass is 16.5. The van der Waals surface area contributed by atoms with Crippen molar-refractivity contribution in [2.45, 2.75) is 20.8 Å². The molecule has 0 bridgehead atoms. The fourth-order valence-corrected chi connectivity index (χ4v) is 1.79. The first-order valence-corrected chi connectivity index (χ1v) is 5.34. The van der Waals surface area contributed by atoms with Crippen LogP contribution in [0, 0.1) is 19.8 Å². The van der Waals surface area contributed by atoms with Gasteiger partial charge in [0.05, 0.1) is 18.2 Å². The maximum Gasteiger partial charge on any atom is 0.230 e. The van der Waals surface area contributed by atoms with Crippen molar-refractivity contribution >= 4 is 17.3 Å². The topological polar surface area (TPSA) is 64.3 Å². The highest BCUT2D eigenvalue weighted by molar-refractivity contribution is 5.96. The standard InChI is InChI=1S/C12H16N2O2/c1-6-4-9(13)8(3)10-11(6)16-5-7(2)12(15)14-10/h4,7H,5,13H2,1-3H3,(H,14,15). The second kappa shape index (κ2) is 3.70. The zero-order valence-electron chi connectivity index (χ0n) is 9.76. The average molecular weight is 220 g/mol. The molecule has 1 aromatic carbocycles. The zero-order chi connectivity index (χ0) is 11.9. The van der Waals surface area contributed by atoms with Crippen molar-refractivity contribution in [1.82, 2.24) is 0 Å². The van der Waals surface area contributed by atoms with Gasteiger partial charge in [0, 0.05) is 5.69 Å². The summed E-state index contributed by atoms with van der Waals surface area (Å²) in [6, 6.07) is 1.87. The maximum atomic E-state index is 11.7. The number of hydrogen-bond donors (Lipinski definition) is 2. The summed E-state index contributed by atoms with van der Waals surface area (Å²) in [7, 11) is 0. The Kier molecular flexibility index (Phi) is 2.50. The number of nitrogens with one attached hydrogen (secondary N) is 1. The first-order chi connectivity index (χ1) is 7.50. The molecule has 1 unspecified atom stereocenters. The molecule has 1 aliphatic heterocycles. The number of aryl methyl sites for hydroxylation is 1. The number of ether oxygens (including phenoxy) is 1. The number of rotatable bonds is 0. The normalized spacial score (nSPS) is 19.4. The number of carbonyl (C=O) groups is 1. The minimum Gasteiger partial charge on any atom is -0.490 e. The Bertz CT molecular complexity index is 455. The van der Waals surface area contributed by atoms with Gasteiger partial charge in [-0.2, -0.15) is 0 Å². The van der Waals surface area contributed by atoms with Gasteiger partial charge in [-0.25, -0.2) is 0 Å². The Morgan fingerprint density at radius 2 is 2.19 bits per heavy atom. The van der Waals surface area contributed by atoms with Gasteiger partial charge in [0.15, 0.2) is 0 Å². The monoisotopic (exact) mass is 220 g/mol. The predicted octanol–water partition coefficient (Wildman–Crippen LogP) is 1.85. The molecule has 0 saturated carbocycles. The van der Waals surface area contributed by atoms with E-state index in [0.29, 0.717) is 18.0 Å². The smallest absolute Gasteiger partial charge is 0.230 e. The van der Waals surface area contributed by atoms with Gasteiger partial charge in [-0.1, -0.05) is 6.92 Å². The van der Waals surface area contributed by atoms with Crippen LogP contribution in [0.5, 0.6) is 5.75 Å². The molecule has 0 saturated heterocycles. The Morgan fingerprint density at radius 3 is 2.88 bits per heavy atom. The molecule has 4 heteroatoms. The Morgan fingerprint density at radius 1 is 1.50 bits per heavy atom. The average Bonchev–Trinajstić information content (AvgIpc) is 2.37. The first-order valence-electron chi connectivity index (χ1n) is 5.34. The molecule has 16 heavy (non-hydrogen) atoms. The van der Waals surface area contributed by atoms with Crippen LogP contribution in [0.25, 0.3) is 0 Å². The van der Waals surface area contributed by atoms with Crippen LogP contribution >= 0.6 is 0 Å². The van der Waals surface area contributed by atoms with Gasteiger partial charge in [0.2, 0.25) is 5.91 Å². The number of hydrogen-bond acceptors (Lipinski definition) is 3. The lowest BCUT2D eigenvalue weighted by Crippen LogP contribution is -2.22. The largest absolute Gasteiger partial charge is 0.490 e. The number of nitrogen functional groups attached to an aromatic ring is 1. The SMILES string of the molecule is Cc1cc(N)c(C)c2c1OCC(C)C(=O)N2. The molecular weight excluding hydrogens is 204 g/mol. The second-order valence-electron chi connectivity index (χ2n) is 4.31. The minimum atomic E-state index is -0.146. The molecule has 0 aromatic heterocycles. The lowest BCUT2D eigenvalue weighted by Gasteiger charge is -2.14. The van der Waals surface area contributed by atoms with Gasteiger partial charge >= 0.3 is 0 Å².